The molecule has 1 aliphatic rings. The smallest absolute Gasteiger partial charge is 0.240 e. The Labute approximate surface area is 113 Å². The van der Waals surface area contributed by atoms with Gasteiger partial charge < -0.3 is 10.2 Å². The molecular weight excluding hydrogens is 244 g/mol. The molecule has 0 spiro atoms. The zero-order valence-electron chi connectivity index (χ0n) is 11.2. The number of hydrogen-bond donors (Lipinski definition) is 1. The number of rotatable bonds is 6. The van der Waals surface area contributed by atoms with Gasteiger partial charge in [0.15, 0.2) is 0 Å². The maximum absolute atomic E-state index is 12.2. The molecule has 0 radical (unpaired) electrons. The lowest BCUT2D eigenvalue weighted by Crippen LogP contribution is -2.38. The number of thiophene rings is 1. The van der Waals surface area contributed by atoms with Crippen molar-refractivity contribution in [1.82, 2.24) is 10.2 Å². The molecule has 0 aliphatic carbocycles. The molecule has 1 unspecified atom stereocenters. The Hall–Kier alpha value is -0.870. The molecule has 0 bridgehead atoms. The van der Waals surface area contributed by atoms with Crippen molar-refractivity contribution in [1.29, 1.82) is 0 Å². The minimum Gasteiger partial charge on any atom is -0.336 e. The summed E-state index contributed by atoms with van der Waals surface area (Å²) in [4.78, 5) is 16.8. The van der Waals surface area contributed by atoms with Crippen LogP contribution in [0.5, 0.6) is 0 Å². The summed E-state index contributed by atoms with van der Waals surface area (Å²) in [6.07, 6.45) is 3.11. The van der Waals surface area contributed by atoms with Crippen LogP contribution in [0, 0.1) is 0 Å². The first-order valence-electron chi connectivity index (χ1n) is 6.84. The Kier molecular flexibility index (Phi) is 4.78. The quantitative estimate of drug-likeness (QED) is 0.857. The normalized spacial score (nSPS) is 19.8. The molecule has 18 heavy (non-hydrogen) atoms. The third-order valence-electron chi connectivity index (χ3n) is 3.35. The molecule has 1 saturated heterocycles. The average Bonchev–Trinajstić information content (AvgIpc) is 2.96. The lowest BCUT2D eigenvalue weighted by atomic mass is 10.2. The fraction of sp³-hybridized carbons (Fsp3) is 0.643. The van der Waals surface area contributed by atoms with Crippen molar-refractivity contribution in [3.63, 3.8) is 0 Å². The van der Waals surface area contributed by atoms with Gasteiger partial charge in [-0.15, -0.1) is 11.3 Å². The first-order chi connectivity index (χ1) is 8.74. The monoisotopic (exact) mass is 266 g/mol. The van der Waals surface area contributed by atoms with Crippen LogP contribution in [-0.4, -0.2) is 29.9 Å². The Morgan fingerprint density at radius 2 is 2.17 bits per heavy atom. The van der Waals surface area contributed by atoms with Gasteiger partial charge in [-0.25, -0.2) is 0 Å². The van der Waals surface area contributed by atoms with Crippen LogP contribution in [-0.2, 0) is 17.8 Å². The molecule has 1 aromatic rings. The molecule has 1 N–H and O–H groups in total. The summed E-state index contributed by atoms with van der Waals surface area (Å²) in [5, 5.41) is 3.33. The number of nitrogens with one attached hydrogen (secondary N) is 1. The standard InChI is InChI=1S/C14H22N2OS/c1-3-8-15-13-7-9-16(14(13)17)10-12-6-5-11(4-2)18-12/h5-6,13,15H,3-4,7-10H2,1-2H3. The second kappa shape index (κ2) is 6.34. The van der Waals surface area contributed by atoms with Crippen LogP contribution in [0.2, 0.25) is 0 Å². The van der Waals surface area contributed by atoms with E-state index in [9.17, 15) is 4.79 Å². The Balaban J connectivity index is 1.89. The van der Waals surface area contributed by atoms with Crippen molar-refractivity contribution in [2.45, 2.75) is 45.7 Å². The van der Waals surface area contributed by atoms with Gasteiger partial charge in [0.05, 0.1) is 12.6 Å². The van der Waals surface area contributed by atoms with E-state index in [-0.39, 0.29) is 11.9 Å². The van der Waals surface area contributed by atoms with Crippen LogP contribution in [0.3, 0.4) is 0 Å². The van der Waals surface area contributed by atoms with Crippen LogP contribution < -0.4 is 5.32 Å². The highest BCUT2D eigenvalue weighted by Crippen LogP contribution is 2.21. The molecule has 3 nitrogen and oxygen atoms in total. The number of likely N-dealkylation sites (tertiary alicyclic amines) is 1. The first kappa shape index (κ1) is 13.6. The number of aryl methyl sites for hydroxylation is 1. The summed E-state index contributed by atoms with van der Waals surface area (Å²) in [5.74, 6) is 0.273. The number of hydrogen-bond acceptors (Lipinski definition) is 3. The van der Waals surface area contributed by atoms with E-state index in [1.165, 1.54) is 9.75 Å². The Morgan fingerprint density at radius 1 is 1.39 bits per heavy atom. The highest BCUT2D eigenvalue weighted by molar-refractivity contribution is 7.11. The molecule has 4 heteroatoms. The molecule has 1 aliphatic heterocycles. The van der Waals surface area contributed by atoms with Gasteiger partial charge >= 0.3 is 0 Å². The lowest BCUT2D eigenvalue weighted by molar-refractivity contribution is -0.129. The van der Waals surface area contributed by atoms with E-state index in [0.717, 1.165) is 38.9 Å². The zero-order valence-corrected chi connectivity index (χ0v) is 12.1. The van der Waals surface area contributed by atoms with E-state index in [1.807, 2.05) is 16.2 Å². The van der Waals surface area contributed by atoms with E-state index in [0.29, 0.717) is 0 Å². The van der Waals surface area contributed by atoms with Gasteiger partial charge in [0, 0.05) is 16.3 Å². The van der Waals surface area contributed by atoms with Crippen molar-refractivity contribution in [2.75, 3.05) is 13.1 Å². The predicted octanol–water partition coefficient (Wildman–Crippen LogP) is 2.41. The van der Waals surface area contributed by atoms with Crippen LogP contribution in [0.25, 0.3) is 0 Å². The maximum Gasteiger partial charge on any atom is 0.240 e. The third-order valence-corrected chi connectivity index (χ3v) is 4.56. The summed E-state index contributed by atoms with van der Waals surface area (Å²) < 4.78 is 0. The van der Waals surface area contributed by atoms with E-state index in [1.54, 1.807) is 0 Å². The van der Waals surface area contributed by atoms with Gasteiger partial charge in [-0.1, -0.05) is 13.8 Å². The fourth-order valence-corrected chi connectivity index (χ4v) is 3.26. The first-order valence-corrected chi connectivity index (χ1v) is 7.66. The Bertz CT molecular complexity index is 402. The van der Waals surface area contributed by atoms with Crippen molar-refractivity contribution in [3.05, 3.63) is 21.9 Å². The SMILES string of the molecule is CCCNC1CCN(Cc2ccc(CC)s2)C1=O. The summed E-state index contributed by atoms with van der Waals surface area (Å²) in [6, 6.07) is 4.38. The summed E-state index contributed by atoms with van der Waals surface area (Å²) in [5.41, 5.74) is 0. The summed E-state index contributed by atoms with van der Waals surface area (Å²) >= 11 is 1.83. The van der Waals surface area contributed by atoms with Crippen molar-refractivity contribution >= 4 is 17.2 Å². The van der Waals surface area contributed by atoms with Gasteiger partial charge in [-0.05, 0) is 37.9 Å². The van der Waals surface area contributed by atoms with Gasteiger partial charge in [-0.3, -0.25) is 4.79 Å². The highest BCUT2D eigenvalue weighted by Gasteiger charge is 2.30. The van der Waals surface area contributed by atoms with Crippen LogP contribution >= 0.6 is 11.3 Å². The molecular formula is C14H22N2OS. The van der Waals surface area contributed by atoms with Gasteiger partial charge in [0.2, 0.25) is 5.91 Å². The summed E-state index contributed by atoms with van der Waals surface area (Å²) in [6.45, 7) is 6.90. The van der Waals surface area contributed by atoms with Crippen LogP contribution in [0.15, 0.2) is 12.1 Å². The molecule has 1 aromatic heterocycles. The van der Waals surface area contributed by atoms with Crippen molar-refractivity contribution in [3.8, 4) is 0 Å². The zero-order chi connectivity index (χ0) is 13.0. The third kappa shape index (κ3) is 3.12. The largest absolute Gasteiger partial charge is 0.336 e. The topological polar surface area (TPSA) is 32.3 Å². The molecule has 0 aromatic carbocycles. The number of amides is 1. The second-order valence-electron chi connectivity index (χ2n) is 4.78. The molecule has 1 atom stereocenters. The van der Waals surface area contributed by atoms with E-state index in [2.05, 4.69) is 31.3 Å². The Morgan fingerprint density at radius 3 is 2.83 bits per heavy atom. The predicted molar refractivity (Wildman–Crippen MR) is 75.8 cm³/mol. The average molecular weight is 266 g/mol. The van der Waals surface area contributed by atoms with Crippen LogP contribution in [0.4, 0.5) is 0 Å². The van der Waals surface area contributed by atoms with Crippen molar-refractivity contribution < 1.29 is 4.79 Å². The number of carbonyl (C=O) groups is 1. The molecule has 0 saturated carbocycles. The number of carbonyl (C=O) groups excluding carboxylic acids is 1. The maximum atomic E-state index is 12.2. The van der Waals surface area contributed by atoms with Gasteiger partial charge in [-0.2, -0.15) is 0 Å². The summed E-state index contributed by atoms with van der Waals surface area (Å²) in [7, 11) is 0. The minimum absolute atomic E-state index is 0.0514. The van der Waals surface area contributed by atoms with Gasteiger partial charge in [0.1, 0.15) is 0 Å². The molecule has 1 amide bonds. The highest BCUT2D eigenvalue weighted by atomic mass is 32.1. The fourth-order valence-electron chi connectivity index (χ4n) is 2.29. The van der Waals surface area contributed by atoms with E-state index < -0.39 is 0 Å². The molecule has 2 heterocycles. The number of nitrogens with zero attached hydrogens (tertiary/aromatic N) is 1. The van der Waals surface area contributed by atoms with Crippen LogP contribution in [0.1, 0.15) is 36.4 Å². The second-order valence-corrected chi connectivity index (χ2v) is 6.03. The molecule has 100 valence electrons. The van der Waals surface area contributed by atoms with E-state index in [4.69, 9.17) is 0 Å². The van der Waals surface area contributed by atoms with Gasteiger partial charge in [0.25, 0.3) is 0 Å². The minimum atomic E-state index is 0.0514. The molecule has 1 fully saturated rings. The lowest BCUT2D eigenvalue weighted by Gasteiger charge is -2.16. The van der Waals surface area contributed by atoms with E-state index >= 15 is 0 Å². The molecule has 2 rings (SSSR count). The van der Waals surface area contributed by atoms with Crippen molar-refractivity contribution in [2.24, 2.45) is 0 Å².